The molecule has 0 atom stereocenters. The predicted molar refractivity (Wildman–Crippen MR) is 155 cm³/mol. The molecule has 11 nitrogen and oxygen atoms in total. The lowest BCUT2D eigenvalue weighted by atomic mass is 10.1. The minimum atomic E-state index is 0.0675. The van der Waals surface area contributed by atoms with Gasteiger partial charge in [-0.15, -0.1) is 0 Å². The number of nitrogen functional groups attached to an aromatic ring is 1. The third kappa shape index (κ3) is 10.5. The summed E-state index contributed by atoms with van der Waals surface area (Å²) in [4.78, 5) is 13.7. The summed E-state index contributed by atoms with van der Waals surface area (Å²) in [7, 11) is 0. The van der Waals surface area contributed by atoms with Crippen molar-refractivity contribution in [1.29, 1.82) is 0 Å². The van der Waals surface area contributed by atoms with E-state index in [0.717, 1.165) is 90.7 Å². The summed E-state index contributed by atoms with van der Waals surface area (Å²) < 4.78 is 10.8. The molecule has 1 aromatic heterocycles. The third-order valence-corrected chi connectivity index (χ3v) is 7.20. The molecule has 3 heterocycles. The number of aromatic nitrogens is 2. The number of aliphatic hydroxyl groups excluding tert-OH is 1. The highest BCUT2D eigenvalue weighted by molar-refractivity contribution is 5.52. The molecule has 4 rings (SSSR count). The van der Waals surface area contributed by atoms with Crippen molar-refractivity contribution in [2.75, 3.05) is 94.8 Å². The van der Waals surface area contributed by atoms with Gasteiger partial charge in [0.2, 0.25) is 5.95 Å². The second-order valence-corrected chi connectivity index (χ2v) is 10.2. The number of hydrogen-bond donors (Lipinski definition) is 5. The topological polar surface area (TPSA) is 133 Å². The van der Waals surface area contributed by atoms with Crippen LogP contribution in [0, 0.1) is 0 Å². The highest BCUT2D eigenvalue weighted by Crippen LogP contribution is 2.19. The Hall–Kier alpha value is -2.54. The van der Waals surface area contributed by atoms with Crippen molar-refractivity contribution < 1.29 is 14.6 Å². The highest BCUT2D eigenvalue weighted by atomic mass is 16.5. The minimum Gasteiger partial charge on any atom is -0.394 e. The van der Waals surface area contributed by atoms with Crippen LogP contribution in [0.2, 0.25) is 0 Å². The summed E-state index contributed by atoms with van der Waals surface area (Å²) in [6, 6.07) is 11.1. The van der Waals surface area contributed by atoms with Gasteiger partial charge in [-0.05, 0) is 43.5 Å². The molecule has 1 aromatic carbocycles. The SMILES string of the molecule is Nc1cc(N2CCN(CCOCCO)CC2)nc(NCc2ccc(CNCCCNC3CCOCC3)cc2)n1. The number of benzene rings is 1. The second kappa shape index (κ2) is 16.5. The summed E-state index contributed by atoms with van der Waals surface area (Å²) in [5, 5.41) is 19.3. The van der Waals surface area contributed by atoms with Gasteiger partial charge in [-0.3, -0.25) is 4.90 Å². The van der Waals surface area contributed by atoms with Gasteiger partial charge in [0, 0.05) is 71.1 Å². The highest BCUT2D eigenvalue weighted by Gasteiger charge is 2.19. The Balaban J connectivity index is 1.14. The lowest BCUT2D eigenvalue weighted by Gasteiger charge is -2.35. The smallest absolute Gasteiger partial charge is 0.226 e. The average Bonchev–Trinajstić information content (AvgIpc) is 2.97. The normalized spacial score (nSPS) is 17.0. The molecule has 0 saturated carbocycles. The number of hydrogen-bond acceptors (Lipinski definition) is 11. The van der Waals surface area contributed by atoms with Crippen LogP contribution in [0.5, 0.6) is 0 Å². The van der Waals surface area contributed by atoms with Gasteiger partial charge < -0.3 is 41.2 Å². The largest absolute Gasteiger partial charge is 0.394 e. The van der Waals surface area contributed by atoms with E-state index in [9.17, 15) is 0 Å². The van der Waals surface area contributed by atoms with Gasteiger partial charge >= 0.3 is 0 Å². The quantitative estimate of drug-likeness (QED) is 0.195. The standard InChI is InChI=1S/C28H46N8O3/c29-26-20-27(36-12-10-35(11-13-36)14-18-39-19-15-37)34-28(33-26)32-22-24-4-2-23(3-5-24)21-30-8-1-9-31-25-6-16-38-17-7-25/h2-5,20,25,30-31,37H,1,6-19,21-22H2,(H3,29,32,33,34). The fourth-order valence-electron chi connectivity index (χ4n) is 4.86. The summed E-state index contributed by atoms with van der Waals surface area (Å²) in [5.74, 6) is 1.86. The van der Waals surface area contributed by atoms with E-state index in [-0.39, 0.29) is 6.61 Å². The van der Waals surface area contributed by atoms with Crippen LogP contribution in [0.1, 0.15) is 30.4 Å². The van der Waals surface area contributed by atoms with E-state index in [1.165, 1.54) is 11.1 Å². The molecule has 2 aliphatic heterocycles. The van der Waals surface area contributed by atoms with Crippen molar-refractivity contribution in [3.63, 3.8) is 0 Å². The molecule has 0 amide bonds. The maximum atomic E-state index is 8.82. The zero-order valence-corrected chi connectivity index (χ0v) is 23.1. The van der Waals surface area contributed by atoms with Crippen LogP contribution >= 0.6 is 0 Å². The van der Waals surface area contributed by atoms with Crippen molar-refractivity contribution in [3.8, 4) is 0 Å². The molecule has 2 fully saturated rings. The first kappa shape index (κ1) is 29.4. The maximum absolute atomic E-state index is 8.82. The Morgan fingerprint density at radius 1 is 0.974 bits per heavy atom. The fourth-order valence-corrected chi connectivity index (χ4v) is 4.86. The van der Waals surface area contributed by atoms with E-state index in [1.54, 1.807) is 0 Å². The van der Waals surface area contributed by atoms with Crippen LogP contribution in [-0.4, -0.2) is 105 Å². The van der Waals surface area contributed by atoms with Gasteiger partial charge in [0.15, 0.2) is 0 Å². The number of piperazine rings is 1. The van der Waals surface area contributed by atoms with E-state index >= 15 is 0 Å². The van der Waals surface area contributed by atoms with Gasteiger partial charge in [-0.1, -0.05) is 24.3 Å². The summed E-state index contributed by atoms with van der Waals surface area (Å²) in [5.41, 5.74) is 8.56. The number of rotatable bonds is 16. The Morgan fingerprint density at radius 2 is 1.72 bits per heavy atom. The molecule has 2 saturated heterocycles. The van der Waals surface area contributed by atoms with Gasteiger partial charge in [-0.25, -0.2) is 0 Å². The van der Waals surface area contributed by atoms with E-state index in [4.69, 9.17) is 25.3 Å². The molecule has 39 heavy (non-hydrogen) atoms. The minimum absolute atomic E-state index is 0.0675. The Morgan fingerprint density at radius 3 is 2.46 bits per heavy atom. The van der Waals surface area contributed by atoms with Crippen molar-refractivity contribution in [2.45, 2.75) is 38.4 Å². The van der Waals surface area contributed by atoms with E-state index < -0.39 is 0 Å². The first-order valence-corrected chi connectivity index (χ1v) is 14.3. The van der Waals surface area contributed by atoms with Crippen LogP contribution in [0.4, 0.5) is 17.6 Å². The number of nitrogens with two attached hydrogens (primary N) is 1. The number of nitrogens with zero attached hydrogens (tertiary/aromatic N) is 4. The van der Waals surface area contributed by atoms with Crippen LogP contribution < -0.4 is 26.6 Å². The lowest BCUT2D eigenvalue weighted by Crippen LogP contribution is -2.47. The molecule has 0 aliphatic carbocycles. The molecule has 0 radical (unpaired) electrons. The molecule has 2 aliphatic rings. The number of nitrogens with one attached hydrogen (secondary N) is 3. The summed E-state index contributed by atoms with van der Waals surface area (Å²) in [6.07, 6.45) is 3.37. The van der Waals surface area contributed by atoms with Crippen molar-refractivity contribution >= 4 is 17.6 Å². The van der Waals surface area contributed by atoms with Crippen LogP contribution in [-0.2, 0) is 22.6 Å². The fraction of sp³-hybridized carbons (Fsp3) is 0.643. The van der Waals surface area contributed by atoms with E-state index in [0.29, 0.717) is 37.6 Å². The number of anilines is 3. The first-order valence-electron chi connectivity index (χ1n) is 14.3. The van der Waals surface area contributed by atoms with Crippen molar-refractivity contribution in [2.24, 2.45) is 0 Å². The van der Waals surface area contributed by atoms with Crippen LogP contribution in [0.25, 0.3) is 0 Å². The molecule has 6 N–H and O–H groups in total. The Labute approximate surface area is 232 Å². The first-order chi connectivity index (χ1) is 19.2. The molecule has 2 aromatic rings. The van der Waals surface area contributed by atoms with E-state index in [2.05, 4.69) is 55.0 Å². The van der Waals surface area contributed by atoms with Crippen molar-refractivity contribution in [3.05, 3.63) is 41.5 Å². The van der Waals surface area contributed by atoms with E-state index in [1.807, 2.05) is 6.07 Å². The maximum Gasteiger partial charge on any atom is 0.226 e. The second-order valence-electron chi connectivity index (χ2n) is 10.2. The zero-order valence-electron chi connectivity index (χ0n) is 23.1. The number of ether oxygens (including phenoxy) is 2. The molecular weight excluding hydrogens is 496 g/mol. The molecule has 11 heteroatoms. The molecule has 0 unspecified atom stereocenters. The van der Waals surface area contributed by atoms with Gasteiger partial charge in [0.25, 0.3) is 0 Å². The third-order valence-electron chi connectivity index (χ3n) is 7.20. The van der Waals surface area contributed by atoms with Crippen LogP contribution in [0.3, 0.4) is 0 Å². The number of aliphatic hydroxyl groups is 1. The summed E-state index contributed by atoms with van der Waals surface area (Å²) in [6.45, 7) is 10.9. The molecular formula is C28H46N8O3. The molecule has 216 valence electrons. The van der Waals surface area contributed by atoms with Crippen LogP contribution in [0.15, 0.2) is 30.3 Å². The van der Waals surface area contributed by atoms with Gasteiger partial charge in [-0.2, -0.15) is 9.97 Å². The van der Waals surface area contributed by atoms with Gasteiger partial charge in [0.1, 0.15) is 11.6 Å². The average molecular weight is 543 g/mol. The monoisotopic (exact) mass is 542 g/mol. The van der Waals surface area contributed by atoms with Crippen molar-refractivity contribution in [1.82, 2.24) is 25.5 Å². The zero-order chi connectivity index (χ0) is 27.1. The summed E-state index contributed by atoms with van der Waals surface area (Å²) >= 11 is 0. The Bertz CT molecular complexity index is 950. The molecule has 0 spiro atoms. The predicted octanol–water partition coefficient (Wildman–Crippen LogP) is 1.05. The Kier molecular flexibility index (Phi) is 12.5. The van der Waals surface area contributed by atoms with Gasteiger partial charge in [0.05, 0.1) is 19.8 Å². The molecule has 0 bridgehead atoms. The lowest BCUT2D eigenvalue weighted by molar-refractivity contribution is 0.0724.